The van der Waals surface area contributed by atoms with E-state index in [1.165, 1.54) is 11.3 Å². The molecule has 2 atom stereocenters. The van der Waals surface area contributed by atoms with E-state index in [4.69, 9.17) is 9.47 Å². The Morgan fingerprint density at radius 2 is 1.73 bits per heavy atom. The Bertz CT molecular complexity index is 1360. The lowest BCUT2D eigenvalue weighted by Crippen LogP contribution is -2.52. The van der Waals surface area contributed by atoms with Gasteiger partial charge in [-0.25, -0.2) is 0 Å². The van der Waals surface area contributed by atoms with Gasteiger partial charge in [0.25, 0.3) is 5.91 Å². The summed E-state index contributed by atoms with van der Waals surface area (Å²) in [5, 5.41) is 2.08. The van der Waals surface area contributed by atoms with Crippen LogP contribution in [0, 0.1) is 0 Å². The summed E-state index contributed by atoms with van der Waals surface area (Å²) < 4.78 is 12.0. The molecule has 6 nitrogen and oxygen atoms in total. The molecule has 0 saturated heterocycles. The fraction of sp³-hybridized carbons (Fsp3) is 0.455. The summed E-state index contributed by atoms with van der Waals surface area (Å²) in [5.41, 5.74) is 3.61. The fourth-order valence-corrected chi connectivity index (χ4v) is 7.57. The Kier molecular flexibility index (Phi) is 7.83. The summed E-state index contributed by atoms with van der Waals surface area (Å²) in [6, 6.07) is 15.8. The molecule has 0 bridgehead atoms. The van der Waals surface area contributed by atoms with Gasteiger partial charge in [0.1, 0.15) is 0 Å². The van der Waals surface area contributed by atoms with E-state index in [2.05, 4.69) is 28.5 Å². The maximum atomic E-state index is 15.0. The third-order valence-electron chi connectivity index (χ3n) is 8.66. The zero-order valence-electron chi connectivity index (χ0n) is 23.4. The first kappa shape index (κ1) is 26.9. The molecule has 0 unspecified atom stereocenters. The molecule has 1 saturated carbocycles. The van der Waals surface area contributed by atoms with Gasteiger partial charge in [-0.15, -0.1) is 11.3 Å². The number of benzene rings is 2. The van der Waals surface area contributed by atoms with Crippen LogP contribution in [-0.4, -0.2) is 47.4 Å². The number of ether oxygens (including phenoxy) is 2. The zero-order chi connectivity index (χ0) is 27.6. The normalized spacial score (nSPS) is 20.4. The highest BCUT2D eigenvalue weighted by Gasteiger charge is 2.48. The Labute approximate surface area is 240 Å². The Morgan fingerprint density at radius 3 is 2.45 bits per heavy atom. The van der Waals surface area contributed by atoms with Gasteiger partial charge in [-0.2, -0.15) is 0 Å². The first-order valence-corrected chi connectivity index (χ1v) is 15.6. The molecule has 1 aliphatic carbocycles. The smallest absolute Gasteiger partial charge is 0.254 e. The quantitative estimate of drug-likeness (QED) is 0.307. The van der Waals surface area contributed by atoms with Crippen molar-refractivity contribution in [3.8, 4) is 11.5 Å². The summed E-state index contributed by atoms with van der Waals surface area (Å²) in [6.07, 6.45) is 6.30. The predicted molar refractivity (Wildman–Crippen MR) is 157 cm³/mol. The molecule has 3 aliphatic rings. The maximum Gasteiger partial charge on any atom is 0.254 e. The van der Waals surface area contributed by atoms with Gasteiger partial charge in [0.15, 0.2) is 11.5 Å². The lowest BCUT2D eigenvalue weighted by Gasteiger charge is -2.47. The highest BCUT2D eigenvalue weighted by molar-refractivity contribution is 7.09. The van der Waals surface area contributed by atoms with Crippen LogP contribution in [0.2, 0.25) is 0 Å². The average molecular weight is 559 g/mol. The van der Waals surface area contributed by atoms with Crippen molar-refractivity contribution in [3.63, 3.8) is 0 Å². The summed E-state index contributed by atoms with van der Waals surface area (Å²) in [4.78, 5) is 34.1. The Balaban J connectivity index is 1.49. The molecular formula is C33H38N2O4S. The van der Waals surface area contributed by atoms with Crippen molar-refractivity contribution < 1.29 is 19.1 Å². The SMILES string of the molecule is CCOc1cc2c(cc1OCC)[C@@H]1[C@H](C(=O)N(Cc3cccs3)C3CCCCC3)c3ccccc3C(=O)N1CC2. The number of thiophene rings is 1. The molecule has 2 amide bonds. The molecular weight excluding hydrogens is 520 g/mol. The van der Waals surface area contributed by atoms with Crippen molar-refractivity contribution in [2.75, 3.05) is 19.8 Å². The third-order valence-corrected chi connectivity index (χ3v) is 9.52. The first-order valence-electron chi connectivity index (χ1n) is 14.8. The molecule has 210 valence electrons. The Morgan fingerprint density at radius 1 is 0.975 bits per heavy atom. The van der Waals surface area contributed by atoms with Gasteiger partial charge >= 0.3 is 0 Å². The minimum absolute atomic E-state index is 0.00428. The monoisotopic (exact) mass is 558 g/mol. The van der Waals surface area contributed by atoms with Crippen molar-refractivity contribution in [2.24, 2.45) is 0 Å². The van der Waals surface area contributed by atoms with Crippen LogP contribution < -0.4 is 9.47 Å². The molecule has 6 rings (SSSR count). The lowest BCUT2D eigenvalue weighted by atomic mass is 9.75. The summed E-state index contributed by atoms with van der Waals surface area (Å²) >= 11 is 1.70. The molecule has 1 aromatic heterocycles. The van der Waals surface area contributed by atoms with Crippen molar-refractivity contribution in [3.05, 3.63) is 81.0 Å². The van der Waals surface area contributed by atoms with Crippen molar-refractivity contribution in [1.29, 1.82) is 0 Å². The largest absolute Gasteiger partial charge is 0.490 e. The predicted octanol–water partition coefficient (Wildman–Crippen LogP) is 6.74. The second-order valence-electron chi connectivity index (χ2n) is 11.0. The van der Waals surface area contributed by atoms with E-state index < -0.39 is 5.92 Å². The standard InChI is InChI=1S/C33H38N2O4S/c1-3-38-28-19-22-16-17-34-31(27(22)20-29(28)39-4-2)30(25-14-8-9-15-26(25)32(34)36)33(37)35(21-24-13-10-18-40-24)23-11-6-5-7-12-23/h8-10,13-15,18-20,23,30-31H,3-7,11-12,16-17,21H2,1-2H3/t30-,31-/m1/s1. The second-order valence-corrected chi connectivity index (χ2v) is 12.0. The second kappa shape index (κ2) is 11.7. The van der Waals surface area contributed by atoms with E-state index in [0.29, 0.717) is 44.0 Å². The Hall–Kier alpha value is -3.32. The van der Waals surface area contributed by atoms with Crippen molar-refractivity contribution in [2.45, 2.75) is 76.9 Å². The highest BCUT2D eigenvalue weighted by atomic mass is 32.1. The van der Waals surface area contributed by atoms with Crippen LogP contribution in [0.1, 0.15) is 89.8 Å². The van der Waals surface area contributed by atoms with Gasteiger partial charge in [-0.05, 0) is 79.4 Å². The molecule has 3 aromatic rings. The van der Waals surface area contributed by atoms with E-state index >= 15 is 0 Å². The molecule has 0 radical (unpaired) electrons. The first-order chi connectivity index (χ1) is 19.6. The minimum Gasteiger partial charge on any atom is -0.490 e. The van der Waals surface area contributed by atoms with Crippen LogP contribution >= 0.6 is 11.3 Å². The van der Waals surface area contributed by atoms with Crippen LogP contribution in [0.25, 0.3) is 0 Å². The van der Waals surface area contributed by atoms with Crippen LogP contribution in [0.15, 0.2) is 53.9 Å². The van der Waals surface area contributed by atoms with E-state index in [9.17, 15) is 9.59 Å². The summed E-state index contributed by atoms with van der Waals surface area (Å²) in [6.45, 7) is 6.16. The third kappa shape index (κ3) is 4.89. The topological polar surface area (TPSA) is 59.1 Å². The van der Waals surface area contributed by atoms with Crippen LogP contribution in [-0.2, 0) is 17.8 Å². The van der Waals surface area contributed by atoms with Crippen molar-refractivity contribution in [1.82, 2.24) is 9.80 Å². The van der Waals surface area contributed by atoms with Crippen molar-refractivity contribution >= 4 is 23.2 Å². The number of nitrogens with zero attached hydrogens (tertiary/aromatic N) is 2. The number of rotatable bonds is 8. The molecule has 2 aromatic carbocycles. The highest BCUT2D eigenvalue weighted by Crippen LogP contribution is 2.49. The van der Waals surface area contributed by atoms with Gasteiger partial charge in [-0.1, -0.05) is 43.5 Å². The molecule has 2 aliphatic heterocycles. The van der Waals surface area contributed by atoms with E-state index in [0.717, 1.165) is 48.1 Å². The number of carbonyl (C=O) groups excluding carboxylic acids is 2. The van der Waals surface area contributed by atoms with E-state index in [-0.39, 0.29) is 23.9 Å². The molecule has 1 fully saturated rings. The molecule has 0 spiro atoms. The molecule has 3 heterocycles. The van der Waals surface area contributed by atoms with Gasteiger partial charge in [-0.3, -0.25) is 9.59 Å². The van der Waals surface area contributed by atoms with E-state index in [1.807, 2.05) is 49.1 Å². The number of fused-ring (bicyclic) bond motifs is 4. The zero-order valence-corrected chi connectivity index (χ0v) is 24.3. The van der Waals surface area contributed by atoms with Crippen LogP contribution in [0.5, 0.6) is 11.5 Å². The van der Waals surface area contributed by atoms with Crippen LogP contribution in [0.3, 0.4) is 0 Å². The fourth-order valence-electron chi connectivity index (χ4n) is 6.87. The summed E-state index contributed by atoms with van der Waals surface area (Å²) in [5.74, 6) is 1.04. The van der Waals surface area contributed by atoms with Gasteiger partial charge in [0, 0.05) is 23.0 Å². The van der Waals surface area contributed by atoms with E-state index in [1.54, 1.807) is 11.3 Å². The lowest BCUT2D eigenvalue weighted by molar-refractivity contribution is -0.138. The minimum atomic E-state index is -0.484. The number of amides is 2. The number of hydrogen-bond acceptors (Lipinski definition) is 5. The molecule has 40 heavy (non-hydrogen) atoms. The van der Waals surface area contributed by atoms with Crippen LogP contribution in [0.4, 0.5) is 0 Å². The van der Waals surface area contributed by atoms with Gasteiger partial charge in [0.05, 0.1) is 31.7 Å². The molecule has 0 N–H and O–H groups in total. The average Bonchev–Trinajstić information content (AvgIpc) is 3.50. The summed E-state index contributed by atoms with van der Waals surface area (Å²) in [7, 11) is 0. The number of hydrogen-bond donors (Lipinski definition) is 0. The van der Waals surface area contributed by atoms with Gasteiger partial charge in [0.2, 0.25) is 5.91 Å². The van der Waals surface area contributed by atoms with Gasteiger partial charge < -0.3 is 19.3 Å². The molecule has 7 heteroatoms. The maximum absolute atomic E-state index is 15.0. The number of carbonyl (C=O) groups is 2.